The number of thiophene rings is 1. The van der Waals surface area contributed by atoms with E-state index in [4.69, 9.17) is 4.74 Å². The number of carbonyl (C=O) groups excluding carboxylic acids is 2. The summed E-state index contributed by atoms with van der Waals surface area (Å²) in [6.07, 6.45) is 0. The third-order valence-electron chi connectivity index (χ3n) is 3.12. The van der Waals surface area contributed by atoms with E-state index in [1.165, 1.54) is 18.4 Å². The van der Waals surface area contributed by atoms with E-state index in [1.54, 1.807) is 12.1 Å². The highest BCUT2D eigenvalue weighted by Gasteiger charge is 2.24. The second kappa shape index (κ2) is 6.83. The van der Waals surface area contributed by atoms with Crippen molar-refractivity contribution in [3.05, 3.63) is 46.2 Å². The van der Waals surface area contributed by atoms with Crippen molar-refractivity contribution in [3.63, 3.8) is 0 Å². The molecule has 0 spiro atoms. The Kier molecular flexibility index (Phi) is 5.05. The number of nitrogens with one attached hydrogen (secondary N) is 2. The summed E-state index contributed by atoms with van der Waals surface area (Å²) < 4.78 is 4.80. The molecular formula is C17H20N2O3S. The number of hydrogen-bond acceptors (Lipinski definition) is 4. The predicted octanol–water partition coefficient (Wildman–Crippen LogP) is 4.48. The van der Waals surface area contributed by atoms with Crippen molar-refractivity contribution >= 4 is 34.7 Å². The summed E-state index contributed by atoms with van der Waals surface area (Å²) in [6.45, 7) is 6.15. The molecule has 0 unspecified atom stereocenters. The number of methoxy groups -OCH3 is 1. The molecule has 2 N–H and O–H groups in total. The third kappa shape index (κ3) is 4.32. The second-order valence-corrected chi connectivity index (χ2v) is 7.09. The van der Waals surface area contributed by atoms with E-state index in [9.17, 15) is 9.59 Å². The molecule has 0 aliphatic carbocycles. The molecule has 2 aromatic rings. The number of rotatable bonds is 3. The van der Waals surface area contributed by atoms with Gasteiger partial charge in [0.1, 0.15) is 4.88 Å². The van der Waals surface area contributed by atoms with Crippen LogP contribution in [0.4, 0.5) is 16.2 Å². The molecule has 0 radical (unpaired) electrons. The number of ether oxygens (including phenoxy) is 1. The van der Waals surface area contributed by atoms with Gasteiger partial charge in [-0.2, -0.15) is 0 Å². The maximum Gasteiger partial charge on any atom is 0.350 e. The molecule has 2 rings (SSSR count). The molecule has 1 aromatic heterocycles. The highest BCUT2D eigenvalue weighted by molar-refractivity contribution is 7.14. The van der Waals surface area contributed by atoms with Gasteiger partial charge in [0.2, 0.25) is 0 Å². The number of carbonyl (C=O) groups is 2. The van der Waals surface area contributed by atoms with Crippen LogP contribution in [0.1, 0.15) is 35.3 Å². The molecule has 1 heterocycles. The van der Waals surface area contributed by atoms with Crippen LogP contribution in [0.5, 0.6) is 0 Å². The van der Waals surface area contributed by atoms with Crippen molar-refractivity contribution < 1.29 is 14.3 Å². The van der Waals surface area contributed by atoms with Gasteiger partial charge < -0.3 is 15.4 Å². The van der Waals surface area contributed by atoms with E-state index in [2.05, 4.69) is 10.6 Å². The Morgan fingerprint density at radius 3 is 2.30 bits per heavy atom. The normalized spacial score (nSPS) is 11.0. The first-order chi connectivity index (χ1) is 10.8. The lowest BCUT2D eigenvalue weighted by molar-refractivity contribution is 0.0607. The third-order valence-corrected chi connectivity index (χ3v) is 4.66. The number of benzene rings is 1. The van der Waals surface area contributed by atoms with Gasteiger partial charge in [0.05, 0.1) is 12.8 Å². The lowest BCUT2D eigenvalue weighted by Crippen LogP contribution is -2.20. The van der Waals surface area contributed by atoms with Crippen LogP contribution in [0, 0.1) is 0 Å². The molecule has 122 valence electrons. The van der Waals surface area contributed by atoms with E-state index in [0.717, 1.165) is 4.88 Å². The topological polar surface area (TPSA) is 67.4 Å². The van der Waals surface area contributed by atoms with Crippen molar-refractivity contribution in [2.24, 2.45) is 0 Å². The fourth-order valence-electron chi connectivity index (χ4n) is 1.90. The highest BCUT2D eigenvalue weighted by Crippen LogP contribution is 2.35. The number of para-hydroxylation sites is 1. The van der Waals surface area contributed by atoms with E-state index >= 15 is 0 Å². The molecule has 0 bridgehead atoms. The maximum atomic E-state index is 12.1. The molecule has 23 heavy (non-hydrogen) atoms. The maximum absolute atomic E-state index is 12.1. The van der Waals surface area contributed by atoms with Gasteiger partial charge in [0.25, 0.3) is 0 Å². The van der Waals surface area contributed by atoms with Gasteiger partial charge in [-0.05, 0) is 23.6 Å². The minimum Gasteiger partial charge on any atom is -0.465 e. The SMILES string of the molecule is COC(=O)c1sc(C(C)(C)C)cc1NC(=O)Nc1ccccc1. The molecule has 5 nitrogen and oxygen atoms in total. The van der Waals surface area contributed by atoms with Crippen molar-refractivity contribution in [1.29, 1.82) is 0 Å². The van der Waals surface area contributed by atoms with Gasteiger partial charge in [-0.3, -0.25) is 0 Å². The van der Waals surface area contributed by atoms with Gasteiger partial charge >= 0.3 is 12.0 Å². The molecule has 0 aliphatic heterocycles. The Morgan fingerprint density at radius 1 is 1.09 bits per heavy atom. The van der Waals surface area contributed by atoms with Crippen LogP contribution in [-0.4, -0.2) is 19.1 Å². The largest absolute Gasteiger partial charge is 0.465 e. The lowest BCUT2D eigenvalue weighted by Gasteiger charge is -2.15. The van der Waals surface area contributed by atoms with Crippen molar-refractivity contribution in [3.8, 4) is 0 Å². The van der Waals surface area contributed by atoms with E-state index in [-0.39, 0.29) is 5.41 Å². The zero-order valence-electron chi connectivity index (χ0n) is 13.6. The van der Waals surface area contributed by atoms with Crippen LogP contribution in [0.25, 0.3) is 0 Å². The standard InChI is InChI=1S/C17H20N2O3S/c1-17(2,3)13-10-12(14(23-13)15(20)22-4)19-16(21)18-11-8-6-5-7-9-11/h5-10H,1-4H3,(H2,18,19,21). The fraction of sp³-hybridized carbons (Fsp3) is 0.294. The van der Waals surface area contributed by atoms with Crippen LogP contribution in [0.3, 0.4) is 0 Å². The van der Waals surface area contributed by atoms with E-state index in [0.29, 0.717) is 16.3 Å². The monoisotopic (exact) mass is 332 g/mol. The Bertz CT molecular complexity index is 702. The molecule has 0 atom stereocenters. The van der Waals surface area contributed by atoms with Crippen molar-refractivity contribution in [2.75, 3.05) is 17.7 Å². The zero-order chi connectivity index (χ0) is 17.0. The smallest absolute Gasteiger partial charge is 0.350 e. The van der Waals surface area contributed by atoms with Crippen molar-refractivity contribution in [2.45, 2.75) is 26.2 Å². The lowest BCUT2D eigenvalue weighted by atomic mass is 9.94. The predicted molar refractivity (Wildman–Crippen MR) is 93.4 cm³/mol. The summed E-state index contributed by atoms with van der Waals surface area (Å²) in [5.41, 5.74) is 1.01. The molecule has 1 aromatic carbocycles. The number of amides is 2. The van der Waals surface area contributed by atoms with Crippen LogP contribution in [0.15, 0.2) is 36.4 Å². The van der Waals surface area contributed by atoms with Gasteiger partial charge in [-0.15, -0.1) is 11.3 Å². The summed E-state index contributed by atoms with van der Waals surface area (Å²) in [7, 11) is 1.33. The Hall–Kier alpha value is -2.34. The molecule has 6 heteroatoms. The number of esters is 1. The first kappa shape index (κ1) is 17.0. The highest BCUT2D eigenvalue weighted by atomic mass is 32.1. The molecular weight excluding hydrogens is 312 g/mol. The molecule has 0 saturated carbocycles. The summed E-state index contributed by atoms with van der Waals surface area (Å²) in [4.78, 5) is 25.4. The number of urea groups is 1. The summed E-state index contributed by atoms with van der Waals surface area (Å²) in [6, 6.07) is 10.5. The van der Waals surface area contributed by atoms with Gasteiger partial charge in [0, 0.05) is 10.6 Å². The summed E-state index contributed by atoms with van der Waals surface area (Å²) in [5, 5.41) is 5.45. The minimum absolute atomic E-state index is 0.122. The summed E-state index contributed by atoms with van der Waals surface area (Å²) >= 11 is 1.33. The average molecular weight is 332 g/mol. The Labute approximate surface area is 139 Å². The number of hydrogen-bond donors (Lipinski definition) is 2. The van der Waals surface area contributed by atoms with Crippen LogP contribution in [-0.2, 0) is 10.2 Å². The molecule has 0 aliphatic rings. The van der Waals surface area contributed by atoms with Crippen LogP contribution in [0.2, 0.25) is 0 Å². The van der Waals surface area contributed by atoms with E-state index in [1.807, 2.05) is 45.0 Å². The molecule has 0 saturated heterocycles. The quantitative estimate of drug-likeness (QED) is 0.815. The second-order valence-electron chi connectivity index (χ2n) is 6.04. The molecule has 0 fully saturated rings. The van der Waals surface area contributed by atoms with E-state index < -0.39 is 12.0 Å². The number of anilines is 2. The minimum atomic E-state index is -0.458. The Balaban J connectivity index is 2.22. The summed E-state index contributed by atoms with van der Waals surface area (Å²) in [5.74, 6) is -0.458. The zero-order valence-corrected chi connectivity index (χ0v) is 14.4. The van der Waals surface area contributed by atoms with Crippen LogP contribution >= 0.6 is 11.3 Å². The Morgan fingerprint density at radius 2 is 1.74 bits per heavy atom. The van der Waals surface area contributed by atoms with Crippen LogP contribution < -0.4 is 10.6 Å². The van der Waals surface area contributed by atoms with Gasteiger partial charge in [-0.25, -0.2) is 9.59 Å². The average Bonchev–Trinajstić information content (AvgIpc) is 2.91. The fourth-order valence-corrected chi connectivity index (χ4v) is 2.99. The van der Waals surface area contributed by atoms with Gasteiger partial charge in [0.15, 0.2) is 0 Å². The first-order valence-corrected chi connectivity index (χ1v) is 7.98. The molecule has 2 amide bonds. The van der Waals surface area contributed by atoms with Gasteiger partial charge in [-0.1, -0.05) is 39.0 Å². The van der Waals surface area contributed by atoms with Crippen molar-refractivity contribution in [1.82, 2.24) is 0 Å². The first-order valence-electron chi connectivity index (χ1n) is 7.17.